The van der Waals surface area contributed by atoms with Crippen molar-refractivity contribution in [3.05, 3.63) is 65.5 Å². The van der Waals surface area contributed by atoms with Gasteiger partial charge in [0.1, 0.15) is 11.0 Å². The fourth-order valence-corrected chi connectivity index (χ4v) is 4.52. The summed E-state index contributed by atoms with van der Waals surface area (Å²) < 4.78 is 7.19. The van der Waals surface area contributed by atoms with Crippen LogP contribution in [0.15, 0.2) is 53.7 Å². The molecule has 30 heavy (non-hydrogen) atoms. The third-order valence-corrected chi connectivity index (χ3v) is 6.22. The summed E-state index contributed by atoms with van der Waals surface area (Å²) in [7, 11) is 1.61. The number of anilines is 1. The number of rotatable bonds is 6. The molecule has 2 aromatic carbocycles. The second kappa shape index (κ2) is 8.79. The van der Waals surface area contributed by atoms with Gasteiger partial charge in [-0.25, -0.2) is 4.68 Å². The summed E-state index contributed by atoms with van der Waals surface area (Å²) in [6.07, 6.45) is 1.79. The normalized spacial score (nSPS) is 17.7. The van der Waals surface area contributed by atoms with Crippen molar-refractivity contribution in [2.24, 2.45) is 0 Å². The van der Waals surface area contributed by atoms with Crippen molar-refractivity contribution >= 4 is 23.4 Å². The second-order valence-corrected chi connectivity index (χ2v) is 8.37. The summed E-state index contributed by atoms with van der Waals surface area (Å²) in [5.41, 5.74) is 6.41. The smallest absolute Gasteiger partial charge is 0.240 e. The highest BCUT2D eigenvalue weighted by atomic mass is 32.2. The molecule has 0 aliphatic carbocycles. The van der Waals surface area contributed by atoms with Crippen LogP contribution in [0.25, 0.3) is 0 Å². The maximum Gasteiger partial charge on any atom is 0.240 e. The van der Waals surface area contributed by atoms with Crippen molar-refractivity contribution < 1.29 is 9.53 Å². The Morgan fingerprint density at radius 3 is 2.77 bits per heavy atom. The highest BCUT2D eigenvalue weighted by molar-refractivity contribution is 8.00. The van der Waals surface area contributed by atoms with Gasteiger partial charge in [-0.05, 0) is 31.0 Å². The molecule has 0 saturated carbocycles. The van der Waals surface area contributed by atoms with Gasteiger partial charge in [-0.2, -0.15) is 0 Å². The molecule has 0 radical (unpaired) electrons. The highest BCUT2D eigenvalue weighted by Crippen LogP contribution is 2.38. The van der Waals surface area contributed by atoms with E-state index in [-0.39, 0.29) is 11.9 Å². The number of carbonyl (C=O) groups is 1. The lowest BCUT2D eigenvalue weighted by atomic mass is 10.0. The summed E-state index contributed by atoms with van der Waals surface area (Å²) in [5.74, 6) is 1.47. The lowest BCUT2D eigenvalue weighted by Gasteiger charge is -2.33. The quantitative estimate of drug-likeness (QED) is 0.625. The van der Waals surface area contributed by atoms with Crippen molar-refractivity contribution in [1.82, 2.24) is 14.9 Å². The monoisotopic (exact) mass is 423 g/mol. The van der Waals surface area contributed by atoms with E-state index in [1.807, 2.05) is 28.9 Å². The fourth-order valence-electron chi connectivity index (χ4n) is 3.42. The summed E-state index contributed by atoms with van der Waals surface area (Å²) >= 11 is 1.43. The van der Waals surface area contributed by atoms with Gasteiger partial charge in [0.2, 0.25) is 11.1 Å². The molecular weight excluding hydrogens is 398 g/mol. The van der Waals surface area contributed by atoms with E-state index in [2.05, 4.69) is 59.1 Å². The molecular formula is C22H25N5O2S. The van der Waals surface area contributed by atoms with Gasteiger partial charge < -0.3 is 15.5 Å². The van der Waals surface area contributed by atoms with Crippen LogP contribution in [0.1, 0.15) is 36.3 Å². The van der Waals surface area contributed by atoms with Crippen LogP contribution in [-0.2, 0) is 11.2 Å². The van der Waals surface area contributed by atoms with Crippen molar-refractivity contribution in [3.8, 4) is 5.75 Å². The van der Waals surface area contributed by atoms with Gasteiger partial charge in [-0.3, -0.25) is 4.79 Å². The minimum atomic E-state index is -0.412. The van der Waals surface area contributed by atoms with Crippen LogP contribution in [0.4, 0.5) is 5.69 Å². The molecule has 7 nitrogen and oxygen atoms in total. The summed E-state index contributed by atoms with van der Waals surface area (Å²) in [4.78, 5) is 13.3. The molecule has 8 heteroatoms. The van der Waals surface area contributed by atoms with E-state index in [1.54, 1.807) is 7.11 Å². The molecule has 1 aliphatic heterocycles. The molecule has 2 heterocycles. The number of fused-ring (bicyclic) bond motifs is 1. The topological polar surface area (TPSA) is 81.1 Å². The third-order valence-electron chi connectivity index (χ3n) is 5.01. The zero-order valence-corrected chi connectivity index (χ0v) is 18.1. The van der Waals surface area contributed by atoms with Gasteiger partial charge in [0.05, 0.1) is 13.2 Å². The van der Waals surface area contributed by atoms with E-state index in [4.69, 9.17) is 4.74 Å². The van der Waals surface area contributed by atoms with E-state index < -0.39 is 5.25 Å². The molecule has 0 unspecified atom stereocenters. The van der Waals surface area contributed by atoms with Gasteiger partial charge >= 0.3 is 0 Å². The molecule has 1 aromatic heterocycles. The molecule has 1 aliphatic rings. The van der Waals surface area contributed by atoms with Gasteiger partial charge in [0, 0.05) is 18.2 Å². The zero-order valence-electron chi connectivity index (χ0n) is 17.3. The maximum atomic E-state index is 13.3. The van der Waals surface area contributed by atoms with Crippen LogP contribution in [0.3, 0.4) is 0 Å². The Kier molecular flexibility index (Phi) is 5.94. The first-order chi connectivity index (χ1) is 14.6. The summed E-state index contributed by atoms with van der Waals surface area (Å²) in [6.45, 7) is 4.16. The van der Waals surface area contributed by atoms with Crippen LogP contribution < -0.4 is 15.5 Å². The van der Waals surface area contributed by atoms with Gasteiger partial charge in [0.15, 0.2) is 5.82 Å². The second-order valence-electron chi connectivity index (χ2n) is 7.26. The Balaban J connectivity index is 1.65. The number of aromatic nitrogens is 3. The van der Waals surface area contributed by atoms with E-state index in [1.165, 1.54) is 17.3 Å². The van der Waals surface area contributed by atoms with E-state index in [0.717, 1.165) is 24.2 Å². The molecule has 2 N–H and O–H groups in total. The van der Waals surface area contributed by atoms with E-state index >= 15 is 0 Å². The number of ether oxygens (including phenoxy) is 1. The number of thioether (sulfide) groups is 1. The molecule has 0 bridgehead atoms. The number of benzene rings is 2. The van der Waals surface area contributed by atoms with Crippen LogP contribution in [0.2, 0.25) is 0 Å². The van der Waals surface area contributed by atoms with Gasteiger partial charge in [-0.1, -0.05) is 54.6 Å². The largest absolute Gasteiger partial charge is 0.497 e. The van der Waals surface area contributed by atoms with Crippen LogP contribution in [0.5, 0.6) is 5.75 Å². The number of carbonyl (C=O) groups excluding carboxylic acids is 1. The Labute approximate surface area is 180 Å². The number of methoxy groups -OCH3 is 1. The number of aryl methyl sites for hydroxylation is 2. The highest BCUT2D eigenvalue weighted by Gasteiger charge is 2.37. The first kappa shape index (κ1) is 20.3. The average molecular weight is 424 g/mol. The number of nitrogens with zero attached hydrogens (tertiary/aromatic N) is 3. The number of amides is 1. The molecule has 156 valence electrons. The Bertz CT molecular complexity index is 1030. The molecule has 1 amide bonds. The van der Waals surface area contributed by atoms with Crippen LogP contribution in [0, 0.1) is 6.92 Å². The van der Waals surface area contributed by atoms with Crippen molar-refractivity contribution in [2.45, 2.75) is 43.1 Å². The fraction of sp³-hybridized carbons (Fsp3) is 0.318. The molecule has 3 aromatic rings. The molecule has 0 saturated heterocycles. The SMILES string of the molecule is CCCc1nnc2n1N[C@H](c1ccc(C)cc1)[C@H](C(=O)Nc1cccc(OC)c1)S2. The average Bonchev–Trinajstić information content (AvgIpc) is 3.15. The van der Waals surface area contributed by atoms with Crippen molar-refractivity contribution in [1.29, 1.82) is 0 Å². The standard InChI is InChI=1S/C22H25N5O2S/c1-4-6-18-24-25-22-27(18)26-19(15-11-9-14(2)10-12-15)20(30-22)21(28)23-16-7-5-8-17(13-16)29-3/h5,7-13,19-20,26H,4,6H2,1-3H3,(H,23,28)/t19-,20-/m1/s1. The lowest BCUT2D eigenvalue weighted by Crippen LogP contribution is -2.41. The first-order valence-electron chi connectivity index (χ1n) is 9.98. The van der Waals surface area contributed by atoms with Crippen molar-refractivity contribution in [2.75, 3.05) is 17.9 Å². The van der Waals surface area contributed by atoms with E-state index in [0.29, 0.717) is 16.6 Å². The maximum absolute atomic E-state index is 13.3. The minimum Gasteiger partial charge on any atom is -0.497 e. The minimum absolute atomic E-state index is 0.0994. The summed E-state index contributed by atoms with van der Waals surface area (Å²) in [5, 5.41) is 11.9. The first-order valence-corrected chi connectivity index (χ1v) is 10.9. The Morgan fingerprint density at radius 1 is 1.23 bits per heavy atom. The van der Waals surface area contributed by atoms with Gasteiger partial charge in [0.25, 0.3) is 0 Å². The number of hydrogen-bond acceptors (Lipinski definition) is 6. The Morgan fingerprint density at radius 2 is 2.03 bits per heavy atom. The van der Waals surface area contributed by atoms with E-state index in [9.17, 15) is 4.79 Å². The van der Waals surface area contributed by atoms with Crippen molar-refractivity contribution in [3.63, 3.8) is 0 Å². The Hall–Kier alpha value is -3.00. The zero-order chi connectivity index (χ0) is 21.1. The number of hydrogen-bond donors (Lipinski definition) is 2. The third kappa shape index (κ3) is 4.14. The van der Waals surface area contributed by atoms with Gasteiger partial charge in [-0.15, -0.1) is 10.2 Å². The predicted octanol–water partition coefficient (Wildman–Crippen LogP) is 3.95. The molecule has 2 atom stereocenters. The van der Waals surface area contributed by atoms with Crippen LogP contribution in [-0.4, -0.2) is 33.1 Å². The predicted molar refractivity (Wildman–Crippen MR) is 119 cm³/mol. The molecule has 0 spiro atoms. The molecule has 0 fully saturated rings. The molecule has 4 rings (SSSR count). The lowest BCUT2D eigenvalue weighted by molar-refractivity contribution is -0.116. The number of nitrogens with one attached hydrogen (secondary N) is 2. The van der Waals surface area contributed by atoms with Crippen LogP contribution >= 0.6 is 11.8 Å². The summed E-state index contributed by atoms with van der Waals surface area (Å²) in [6, 6.07) is 15.4.